The van der Waals surface area contributed by atoms with Crippen LogP contribution in [-0.2, 0) is 6.42 Å². The maximum atomic E-state index is 4.42. The maximum Gasteiger partial charge on any atom is 0.128 e. The molecule has 3 rings (SSSR count). The number of aliphatic imine (C=N–C) groups is 1. The van der Waals surface area contributed by atoms with E-state index in [0.29, 0.717) is 0 Å². The van der Waals surface area contributed by atoms with E-state index in [0.717, 1.165) is 24.5 Å². The molecule has 1 aliphatic heterocycles. The van der Waals surface area contributed by atoms with Crippen molar-refractivity contribution in [1.29, 1.82) is 0 Å². The Balaban J connectivity index is 2.15. The number of nitrogens with zero attached hydrogens (tertiary/aromatic N) is 3. The molecule has 1 aliphatic rings. The molecule has 0 spiro atoms. The van der Waals surface area contributed by atoms with Gasteiger partial charge in [0.05, 0.1) is 5.52 Å². The molecule has 2 heterocycles. The van der Waals surface area contributed by atoms with E-state index in [-0.39, 0.29) is 6.17 Å². The van der Waals surface area contributed by atoms with E-state index < -0.39 is 0 Å². The lowest BCUT2D eigenvalue weighted by Crippen LogP contribution is -2.49. The summed E-state index contributed by atoms with van der Waals surface area (Å²) in [6.45, 7) is 4.39. The predicted octanol–water partition coefficient (Wildman–Crippen LogP) is 3.30. The summed E-state index contributed by atoms with van der Waals surface area (Å²) in [6.07, 6.45) is 6.69. The number of likely N-dealkylation sites (N-methyl/N-ethyl adjacent to an activating group) is 1. The number of hydrogen-bond acceptors (Lipinski definition) is 2. The molecule has 22 heavy (non-hydrogen) atoms. The van der Waals surface area contributed by atoms with Crippen molar-refractivity contribution in [2.24, 2.45) is 4.99 Å². The van der Waals surface area contributed by atoms with E-state index >= 15 is 0 Å². The summed E-state index contributed by atoms with van der Waals surface area (Å²) in [7, 11) is 3.94. The lowest BCUT2D eigenvalue weighted by atomic mass is 10.1. The van der Waals surface area contributed by atoms with Gasteiger partial charge in [0.2, 0.25) is 0 Å². The number of hydrogen-bond donors (Lipinski definition) is 1. The van der Waals surface area contributed by atoms with Crippen LogP contribution >= 0.6 is 0 Å². The fraction of sp³-hybridized carbons (Fsp3) is 0.389. The van der Waals surface area contributed by atoms with Crippen molar-refractivity contribution < 1.29 is 0 Å². The Morgan fingerprint density at radius 3 is 2.68 bits per heavy atom. The quantitative estimate of drug-likeness (QED) is 0.942. The van der Waals surface area contributed by atoms with Gasteiger partial charge in [0.1, 0.15) is 17.8 Å². The molecule has 0 radical (unpaired) electrons. The van der Waals surface area contributed by atoms with Gasteiger partial charge in [-0.25, -0.2) is 0 Å². The van der Waals surface area contributed by atoms with Crippen LogP contribution in [0.2, 0.25) is 0 Å². The molecule has 1 unspecified atom stereocenters. The number of amidine groups is 1. The molecular weight excluding hydrogens is 272 g/mol. The van der Waals surface area contributed by atoms with Crippen molar-refractivity contribution in [2.75, 3.05) is 14.1 Å². The van der Waals surface area contributed by atoms with Crippen LogP contribution < -0.4 is 5.32 Å². The summed E-state index contributed by atoms with van der Waals surface area (Å²) >= 11 is 0. The summed E-state index contributed by atoms with van der Waals surface area (Å²) in [5.41, 5.74) is 2.62. The van der Waals surface area contributed by atoms with Crippen molar-refractivity contribution >= 4 is 22.6 Å². The van der Waals surface area contributed by atoms with Gasteiger partial charge in [-0.3, -0.25) is 4.99 Å². The van der Waals surface area contributed by atoms with Crippen molar-refractivity contribution in [2.45, 2.75) is 32.9 Å². The number of benzene rings is 1. The van der Waals surface area contributed by atoms with Gasteiger partial charge in [-0.05, 0) is 24.5 Å². The second kappa shape index (κ2) is 5.87. The Morgan fingerprint density at radius 1 is 1.23 bits per heavy atom. The first kappa shape index (κ1) is 14.7. The molecule has 1 atom stereocenters. The average Bonchev–Trinajstić information content (AvgIpc) is 2.94. The van der Waals surface area contributed by atoms with Crippen LogP contribution in [0, 0.1) is 0 Å². The minimum Gasteiger partial charge on any atom is -0.351 e. The minimum atomic E-state index is 0.268. The Morgan fingerprint density at radius 2 is 2.00 bits per heavy atom. The van der Waals surface area contributed by atoms with E-state index in [1.54, 1.807) is 0 Å². The molecule has 0 fully saturated rings. The van der Waals surface area contributed by atoms with Crippen LogP contribution in [0.3, 0.4) is 0 Å². The van der Waals surface area contributed by atoms with E-state index in [1.165, 1.54) is 16.5 Å². The molecule has 0 aliphatic carbocycles. The number of aromatic nitrogens is 1. The van der Waals surface area contributed by atoms with Crippen LogP contribution in [0.4, 0.5) is 0 Å². The fourth-order valence-corrected chi connectivity index (χ4v) is 3.16. The standard InChI is InChI=1S/C18H24N4/c1-5-13-12-22(15-10-8-7-9-14(13)15)18-11-17(19-3)21(4)16(6-2)20-18/h7-12,16,20H,5-6H2,1-4H3. The molecule has 0 bridgehead atoms. The number of aryl methyl sites for hydroxylation is 1. The zero-order valence-corrected chi connectivity index (χ0v) is 13.8. The highest BCUT2D eigenvalue weighted by atomic mass is 15.3. The van der Waals surface area contributed by atoms with E-state index in [4.69, 9.17) is 0 Å². The topological polar surface area (TPSA) is 32.6 Å². The first-order valence-corrected chi connectivity index (χ1v) is 7.96. The largest absolute Gasteiger partial charge is 0.351 e. The summed E-state index contributed by atoms with van der Waals surface area (Å²) in [4.78, 5) is 6.61. The third kappa shape index (κ3) is 2.28. The van der Waals surface area contributed by atoms with Gasteiger partial charge < -0.3 is 14.8 Å². The lowest BCUT2D eigenvalue weighted by molar-refractivity contribution is 0.319. The summed E-state index contributed by atoms with van der Waals surface area (Å²) in [5, 5.41) is 4.96. The zero-order valence-electron chi connectivity index (χ0n) is 13.8. The fourth-order valence-electron chi connectivity index (χ4n) is 3.16. The first-order valence-electron chi connectivity index (χ1n) is 7.96. The molecule has 0 saturated carbocycles. The van der Waals surface area contributed by atoms with Crippen LogP contribution in [0.25, 0.3) is 16.7 Å². The maximum absolute atomic E-state index is 4.42. The normalized spacial score (nSPS) is 20.4. The first-order chi connectivity index (χ1) is 10.7. The molecule has 0 amide bonds. The Kier molecular flexibility index (Phi) is 3.92. The van der Waals surface area contributed by atoms with E-state index in [2.05, 4.69) is 77.2 Å². The van der Waals surface area contributed by atoms with Gasteiger partial charge in [-0.2, -0.15) is 0 Å². The summed E-state index contributed by atoms with van der Waals surface area (Å²) < 4.78 is 2.26. The summed E-state index contributed by atoms with van der Waals surface area (Å²) in [6, 6.07) is 8.58. The van der Waals surface area contributed by atoms with E-state index in [1.807, 2.05) is 7.05 Å². The minimum absolute atomic E-state index is 0.268. The highest BCUT2D eigenvalue weighted by Gasteiger charge is 2.23. The van der Waals surface area contributed by atoms with Crippen LogP contribution in [0.1, 0.15) is 25.8 Å². The third-order valence-electron chi connectivity index (χ3n) is 4.46. The van der Waals surface area contributed by atoms with Gasteiger partial charge in [-0.15, -0.1) is 0 Å². The number of para-hydroxylation sites is 1. The molecule has 0 saturated heterocycles. The Bertz CT molecular complexity index is 739. The van der Waals surface area contributed by atoms with E-state index in [9.17, 15) is 0 Å². The molecule has 1 aromatic heterocycles. The lowest BCUT2D eigenvalue weighted by Gasteiger charge is -2.35. The van der Waals surface area contributed by atoms with Crippen molar-refractivity contribution in [1.82, 2.24) is 14.8 Å². The number of rotatable bonds is 3. The molecule has 4 nitrogen and oxygen atoms in total. The molecule has 116 valence electrons. The Labute approximate surface area is 132 Å². The van der Waals surface area contributed by atoms with Crippen LogP contribution in [-0.4, -0.2) is 35.6 Å². The smallest absolute Gasteiger partial charge is 0.128 e. The average molecular weight is 296 g/mol. The van der Waals surface area contributed by atoms with Gasteiger partial charge in [-0.1, -0.05) is 32.0 Å². The SMILES string of the molecule is CCc1cn(C2=CC(=NC)N(C)C(CC)N2)c2ccccc12. The molecular formula is C18H24N4. The highest BCUT2D eigenvalue weighted by Crippen LogP contribution is 2.26. The van der Waals surface area contributed by atoms with Gasteiger partial charge in [0.15, 0.2) is 0 Å². The van der Waals surface area contributed by atoms with Gasteiger partial charge >= 0.3 is 0 Å². The highest BCUT2D eigenvalue weighted by molar-refractivity contribution is 5.99. The molecule has 4 heteroatoms. The predicted molar refractivity (Wildman–Crippen MR) is 93.9 cm³/mol. The number of fused-ring (bicyclic) bond motifs is 1. The number of nitrogens with one attached hydrogen (secondary N) is 1. The second-order valence-corrected chi connectivity index (χ2v) is 5.69. The van der Waals surface area contributed by atoms with Crippen molar-refractivity contribution in [3.8, 4) is 0 Å². The zero-order chi connectivity index (χ0) is 15.7. The Hall–Kier alpha value is -2.23. The van der Waals surface area contributed by atoms with Gasteiger partial charge in [0.25, 0.3) is 0 Å². The van der Waals surface area contributed by atoms with Crippen molar-refractivity contribution in [3.05, 3.63) is 42.1 Å². The van der Waals surface area contributed by atoms with Crippen LogP contribution in [0.5, 0.6) is 0 Å². The third-order valence-corrected chi connectivity index (χ3v) is 4.46. The van der Waals surface area contributed by atoms with Crippen molar-refractivity contribution in [3.63, 3.8) is 0 Å². The second-order valence-electron chi connectivity index (χ2n) is 5.69. The van der Waals surface area contributed by atoms with Gasteiger partial charge in [0, 0.05) is 31.8 Å². The molecule has 1 aromatic carbocycles. The molecule has 2 aromatic rings. The van der Waals surface area contributed by atoms with Crippen LogP contribution in [0.15, 0.2) is 41.5 Å². The molecule has 1 N–H and O–H groups in total. The summed E-state index contributed by atoms with van der Waals surface area (Å²) in [5.74, 6) is 2.11. The monoisotopic (exact) mass is 296 g/mol.